The van der Waals surface area contributed by atoms with Crippen molar-refractivity contribution in [2.75, 3.05) is 13.7 Å². The molecule has 0 aromatic rings. The lowest BCUT2D eigenvalue weighted by molar-refractivity contribution is -0.159. The lowest BCUT2D eigenvalue weighted by Crippen LogP contribution is -2.43. The lowest BCUT2D eigenvalue weighted by Gasteiger charge is -2.26. The highest BCUT2D eigenvalue weighted by molar-refractivity contribution is 6.04. The topological polar surface area (TPSA) is 55.4 Å². The molecule has 1 N–H and O–H groups in total. The van der Waals surface area contributed by atoms with E-state index in [4.69, 9.17) is 0 Å². The summed E-state index contributed by atoms with van der Waals surface area (Å²) < 4.78 is 4.67. The Morgan fingerprint density at radius 1 is 1.62 bits per heavy atom. The smallest absolute Gasteiger partial charge is 0.321 e. The van der Waals surface area contributed by atoms with Gasteiger partial charge in [0, 0.05) is 6.54 Å². The standard InChI is InChI=1S/C9H15NO3/c1-6(2)9(8(12)13-3)4-5-10-7(9)11/h6H,4-5H2,1-3H3,(H,10,11). The second kappa shape index (κ2) is 3.36. The number of carbonyl (C=O) groups excluding carboxylic acids is 2. The summed E-state index contributed by atoms with van der Waals surface area (Å²) in [7, 11) is 1.32. The molecule has 4 heteroatoms. The summed E-state index contributed by atoms with van der Waals surface area (Å²) in [6.07, 6.45) is 0.538. The van der Waals surface area contributed by atoms with Crippen molar-refractivity contribution >= 4 is 11.9 Å². The van der Waals surface area contributed by atoms with Crippen molar-refractivity contribution in [3.8, 4) is 0 Å². The van der Waals surface area contributed by atoms with Gasteiger partial charge in [-0.25, -0.2) is 0 Å². The number of carbonyl (C=O) groups is 2. The van der Waals surface area contributed by atoms with Crippen LogP contribution in [-0.4, -0.2) is 25.5 Å². The number of esters is 1. The third kappa shape index (κ3) is 1.30. The van der Waals surface area contributed by atoms with Gasteiger partial charge in [-0.3, -0.25) is 9.59 Å². The van der Waals surface area contributed by atoms with Gasteiger partial charge in [0.2, 0.25) is 5.91 Å². The minimum Gasteiger partial charge on any atom is -0.468 e. The number of rotatable bonds is 2. The summed E-state index contributed by atoms with van der Waals surface area (Å²) in [6, 6.07) is 0. The maximum atomic E-state index is 11.5. The Kier molecular flexibility index (Phi) is 2.59. The zero-order chi connectivity index (χ0) is 10.1. The van der Waals surface area contributed by atoms with Gasteiger partial charge in [-0.15, -0.1) is 0 Å². The van der Waals surface area contributed by atoms with Crippen molar-refractivity contribution in [1.29, 1.82) is 0 Å². The van der Waals surface area contributed by atoms with E-state index in [9.17, 15) is 9.59 Å². The highest BCUT2D eigenvalue weighted by atomic mass is 16.5. The van der Waals surface area contributed by atoms with Crippen molar-refractivity contribution in [1.82, 2.24) is 5.32 Å². The van der Waals surface area contributed by atoms with Crippen LogP contribution in [0.1, 0.15) is 20.3 Å². The van der Waals surface area contributed by atoms with Crippen LogP contribution in [0.25, 0.3) is 0 Å². The van der Waals surface area contributed by atoms with E-state index >= 15 is 0 Å². The molecular weight excluding hydrogens is 170 g/mol. The van der Waals surface area contributed by atoms with Crippen LogP contribution in [0.2, 0.25) is 0 Å². The van der Waals surface area contributed by atoms with Crippen molar-refractivity contribution in [3.05, 3.63) is 0 Å². The molecule has 1 amide bonds. The Hall–Kier alpha value is -1.06. The van der Waals surface area contributed by atoms with Gasteiger partial charge >= 0.3 is 5.97 Å². The van der Waals surface area contributed by atoms with E-state index in [2.05, 4.69) is 10.1 Å². The molecule has 0 radical (unpaired) electrons. The number of hydrogen-bond acceptors (Lipinski definition) is 3. The third-order valence-corrected chi connectivity index (χ3v) is 2.75. The van der Waals surface area contributed by atoms with Crippen LogP contribution in [0.5, 0.6) is 0 Å². The fraction of sp³-hybridized carbons (Fsp3) is 0.778. The van der Waals surface area contributed by atoms with Gasteiger partial charge in [0.05, 0.1) is 7.11 Å². The fourth-order valence-corrected chi connectivity index (χ4v) is 1.81. The Balaban J connectivity index is 3.00. The quantitative estimate of drug-likeness (QED) is 0.498. The summed E-state index contributed by atoms with van der Waals surface area (Å²) >= 11 is 0. The first-order chi connectivity index (χ1) is 6.05. The van der Waals surface area contributed by atoms with Crippen molar-refractivity contribution in [2.45, 2.75) is 20.3 Å². The van der Waals surface area contributed by atoms with Crippen molar-refractivity contribution < 1.29 is 14.3 Å². The van der Waals surface area contributed by atoms with Crippen LogP contribution in [0, 0.1) is 11.3 Å². The summed E-state index contributed by atoms with van der Waals surface area (Å²) in [6.45, 7) is 4.29. The number of hydrogen-bond donors (Lipinski definition) is 1. The summed E-state index contributed by atoms with van der Waals surface area (Å²) in [5.41, 5.74) is -0.950. The van der Waals surface area contributed by atoms with Crippen molar-refractivity contribution in [2.24, 2.45) is 11.3 Å². The summed E-state index contributed by atoms with van der Waals surface area (Å²) in [5.74, 6) is -0.644. The van der Waals surface area contributed by atoms with E-state index in [0.717, 1.165) is 0 Å². The van der Waals surface area contributed by atoms with Crippen LogP contribution in [0.4, 0.5) is 0 Å². The third-order valence-electron chi connectivity index (χ3n) is 2.75. The zero-order valence-electron chi connectivity index (χ0n) is 8.22. The van der Waals surface area contributed by atoms with E-state index in [1.54, 1.807) is 0 Å². The van der Waals surface area contributed by atoms with Crippen molar-refractivity contribution in [3.63, 3.8) is 0 Å². The molecule has 1 unspecified atom stereocenters. The molecule has 1 rings (SSSR count). The van der Waals surface area contributed by atoms with E-state index in [1.165, 1.54) is 7.11 Å². The SMILES string of the molecule is COC(=O)C1(C(C)C)CCNC1=O. The lowest BCUT2D eigenvalue weighted by atomic mass is 9.76. The average molecular weight is 185 g/mol. The van der Waals surface area contributed by atoms with E-state index in [-0.39, 0.29) is 11.8 Å². The predicted octanol–water partition coefficient (Wildman–Crippen LogP) is 0.322. The second-order valence-corrected chi connectivity index (χ2v) is 3.62. The zero-order valence-corrected chi connectivity index (χ0v) is 8.22. The molecule has 0 saturated carbocycles. The fourth-order valence-electron chi connectivity index (χ4n) is 1.81. The van der Waals surface area contributed by atoms with Gasteiger partial charge in [-0.2, -0.15) is 0 Å². The molecule has 0 bridgehead atoms. The second-order valence-electron chi connectivity index (χ2n) is 3.62. The molecule has 0 aromatic carbocycles. The molecule has 1 saturated heterocycles. The molecule has 74 valence electrons. The maximum absolute atomic E-state index is 11.5. The summed E-state index contributed by atoms with van der Waals surface area (Å²) in [4.78, 5) is 23.0. The van der Waals surface area contributed by atoms with E-state index < -0.39 is 11.4 Å². The largest absolute Gasteiger partial charge is 0.468 e. The highest BCUT2D eigenvalue weighted by Crippen LogP contribution is 2.36. The van der Waals surface area contributed by atoms with Crippen LogP contribution in [0.15, 0.2) is 0 Å². The van der Waals surface area contributed by atoms with Gasteiger partial charge in [-0.05, 0) is 12.3 Å². The summed E-state index contributed by atoms with van der Waals surface area (Å²) in [5, 5.41) is 2.67. The van der Waals surface area contributed by atoms with Crippen LogP contribution < -0.4 is 5.32 Å². The Bertz CT molecular complexity index is 237. The molecule has 1 atom stereocenters. The predicted molar refractivity (Wildman–Crippen MR) is 46.9 cm³/mol. The molecule has 1 aliphatic heterocycles. The Morgan fingerprint density at radius 3 is 2.54 bits per heavy atom. The molecule has 0 spiro atoms. The average Bonchev–Trinajstić information content (AvgIpc) is 2.47. The van der Waals surface area contributed by atoms with Crippen LogP contribution in [-0.2, 0) is 14.3 Å². The normalized spacial score (nSPS) is 27.5. The first-order valence-corrected chi connectivity index (χ1v) is 4.42. The van der Waals surface area contributed by atoms with E-state index in [1.807, 2.05) is 13.8 Å². The Labute approximate surface area is 77.6 Å². The Morgan fingerprint density at radius 2 is 2.23 bits per heavy atom. The minimum atomic E-state index is -0.950. The molecule has 1 aliphatic rings. The van der Waals surface area contributed by atoms with Gasteiger partial charge in [0.25, 0.3) is 0 Å². The molecule has 0 aromatic heterocycles. The van der Waals surface area contributed by atoms with Crippen LogP contribution in [0.3, 0.4) is 0 Å². The molecular formula is C9H15NO3. The molecule has 13 heavy (non-hydrogen) atoms. The first kappa shape index (κ1) is 10.0. The monoisotopic (exact) mass is 185 g/mol. The number of amides is 1. The first-order valence-electron chi connectivity index (χ1n) is 4.42. The number of ether oxygens (including phenoxy) is 1. The highest BCUT2D eigenvalue weighted by Gasteiger charge is 2.52. The molecule has 1 heterocycles. The minimum absolute atomic E-state index is 0.0255. The molecule has 4 nitrogen and oxygen atoms in total. The number of methoxy groups -OCH3 is 1. The molecule has 1 fully saturated rings. The van der Waals surface area contributed by atoms with Gasteiger partial charge < -0.3 is 10.1 Å². The molecule has 0 aliphatic carbocycles. The van der Waals surface area contributed by atoms with Gasteiger partial charge in [0.15, 0.2) is 0 Å². The number of nitrogens with one attached hydrogen (secondary N) is 1. The van der Waals surface area contributed by atoms with E-state index in [0.29, 0.717) is 13.0 Å². The van der Waals surface area contributed by atoms with Gasteiger partial charge in [-0.1, -0.05) is 13.8 Å². The maximum Gasteiger partial charge on any atom is 0.321 e. The van der Waals surface area contributed by atoms with Gasteiger partial charge in [0.1, 0.15) is 5.41 Å². The van der Waals surface area contributed by atoms with Crippen LogP contribution >= 0.6 is 0 Å².